The molecule has 13 heteroatoms. The average Bonchev–Trinajstić information content (AvgIpc) is 3.57. The van der Waals surface area contributed by atoms with Gasteiger partial charge >= 0.3 is 0 Å². The summed E-state index contributed by atoms with van der Waals surface area (Å²) in [5.41, 5.74) is 0.607. The minimum atomic E-state index is -4.12. The highest BCUT2D eigenvalue weighted by Crippen LogP contribution is 2.32. The first-order chi connectivity index (χ1) is 17.9. The molecule has 2 aromatic heterocycles. The van der Waals surface area contributed by atoms with E-state index in [1.54, 1.807) is 57.2 Å². The SMILES string of the molecule is C/C(=C/S(=O)(=O)N(Cc1nccn1C)[C@H]1CCN(c2ccc(C(=O)N(C)C)cc2F)C1=O)c1ccc(Cl)s1. The largest absolute Gasteiger partial charge is 0.345 e. The predicted octanol–water partition coefficient (Wildman–Crippen LogP) is 3.97. The zero-order valence-electron chi connectivity index (χ0n) is 21.3. The summed E-state index contributed by atoms with van der Waals surface area (Å²) in [6.07, 6.45) is 3.38. The summed E-state index contributed by atoms with van der Waals surface area (Å²) in [5, 5.41) is 1.12. The fraction of sp³-hybridized carbons (Fsp3) is 0.320. The van der Waals surface area contributed by atoms with Crippen molar-refractivity contribution in [3.63, 3.8) is 0 Å². The van der Waals surface area contributed by atoms with Crippen LogP contribution in [0.1, 0.15) is 34.4 Å². The lowest BCUT2D eigenvalue weighted by atomic mass is 10.1. The molecule has 1 aromatic carbocycles. The standard InChI is InChI=1S/C25H27ClFN5O4S2/c1-16(21-7-8-22(26)37-21)15-38(35,36)32(14-23-28-10-12-30(23)4)20-9-11-31(25(20)34)19-6-5-17(13-18(19)27)24(33)29(2)3/h5-8,10,12-13,15,20H,9,11,14H2,1-4H3/b16-15-/t20-/m0/s1. The van der Waals surface area contributed by atoms with E-state index in [2.05, 4.69) is 4.98 Å². The third kappa shape index (κ3) is 5.68. The van der Waals surface area contributed by atoms with E-state index in [4.69, 9.17) is 11.6 Å². The van der Waals surface area contributed by atoms with Gasteiger partial charge in [-0.15, -0.1) is 11.3 Å². The maximum atomic E-state index is 15.1. The van der Waals surface area contributed by atoms with Gasteiger partial charge in [-0.1, -0.05) is 11.6 Å². The average molecular weight is 580 g/mol. The number of carbonyl (C=O) groups is 2. The van der Waals surface area contributed by atoms with Gasteiger partial charge in [0.2, 0.25) is 15.9 Å². The molecule has 2 amide bonds. The zero-order chi connectivity index (χ0) is 27.8. The molecular formula is C25H27ClFN5O4S2. The number of aryl methyl sites for hydroxylation is 1. The van der Waals surface area contributed by atoms with Crippen molar-refractivity contribution in [2.24, 2.45) is 7.05 Å². The highest BCUT2D eigenvalue weighted by molar-refractivity contribution is 7.92. The molecule has 202 valence electrons. The molecule has 0 aliphatic carbocycles. The molecule has 0 spiro atoms. The molecule has 1 fully saturated rings. The Morgan fingerprint density at radius 3 is 2.61 bits per heavy atom. The van der Waals surface area contributed by atoms with Crippen LogP contribution in [0.5, 0.6) is 0 Å². The molecule has 38 heavy (non-hydrogen) atoms. The second kappa shape index (κ2) is 11.0. The molecule has 3 heterocycles. The number of hydrogen-bond acceptors (Lipinski definition) is 6. The van der Waals surface area contributed by atoms with Crippen molar-refractivity contribution in [1.82, 2.24) is 18.8 Å². The van der Waals surface area contributed by atoms with Crippen LogP contribution in [0.15, 0.2) is 48.1 Å². The number of sulfonamides is 1. The van der Waals surface area contributed by atoms with Crippen molar-refractivity contribution in [3.05, 3.63) is 74.6 Å². The van der Waals surface area contributed by atoms with Crippen molar-refractivity contribution in [2.45, 2.75) is 25.9 Å². The first kappa shape index (κ1) is 28.0. The van der Waals surface area contributed by atoms with Gasteiger partial charge in [0, 0.05) is 50.5 Å². The number of carbonyl (C=O) groups excluding carboxylic acids is 2. The number of imidazole rings is 1. The van der Waals surface area contributed by atoms with Crippen molar-refractivity contribution in [3.8, 4) is 0 Å². The molecule has 0 N–H and O–H groups in total. The summed E-state index contributed by atoms with van der Waals surface area (Å²) in [7, 11) is 0.726. The molecule has 0 saturated carbocycles. The summed E-state index contributed by atoms with van der Waals surface area (Å²) >= 11 is 7.27. The Kier molecular flexibility index (Phi) is 8.07. The second-order valence-electron chi connectivity index (χ2n) is 9.11. The van der Waals surface area contributed by atoms with E-state index in [1.165, 1.54) is 33.3 Å². The molecule has 4 rings (SSSR count). The van der Waals surface area contributed by atoms with Crippen molar-refractivity contribution in [2.75, 3.05) is 25.5 Å². The van der Waals surface area contributed by atoms with Crippen LogP contribution in [0.25, 0.3) is 5.57 Å². The normalized spacial score (nSPS) is 16.5. The van der Waals surface area contributed by atoms with Crippen LogP contribution in [0.3, 0.4) is 0 Å². The lowest BCUT2D eigenvalue weighted by Crippen LogP contribution is -2.44. The van der Waals surface area contributed by atoms with Gasteiger partial charge < -0.3 is 14.4 Å². The van der Waals surface area contributed by atoms with Crippen LogP contribution in [0, 0.1) is 5.82 Å². The fourth-order valence-corrected chi connectivity index (χ4v) is 6.87. The number of nitrogens with zero attached hydrogens (tertiary/aromatic N) is 5. The second-order valence-corrected chi connectivity index (χ2v) is 12.6. The number of halogens is 2. The van der Waals surface area contributed by atoms with Crippen molar-refractivity contribution in [1.29, 1.82) is 0 Å². The highest BCUT2D eigenvalue weighted by Gasteiger charge is 2.42. The van der Waals surface area contributed by atoms with Gasteiger partial charge in [0.25, 0.3) is 5.91 Å². The maximum absolute atomic E-state index is 15.1. The van der Waals surface area contributed by atoms with E-state index in [0.29, 0.717) is 20.6 Å². The Morgan fingerprint density at radius 2 is 2.03 bits per heavy atom. The molecule has 1 aliphatic heterocycles. The molecule has 0 unspecified atom stereocenters. The molecule has 0 radical (unpaired) electrons. The summed E-state index contributed by atoms with van der Waals surface area (Å²) in [6, 6.07) is 6.24. The Balaban J connectivity index is 1.67. The number of aromatic nitrogens is 2. The molecular weight excluding hydrogens is 553 g/mol. The van der Waals surface area contributed by atoms with Crippen LogP contribution in [0.2, 0.25) is 4.34 Å². The number of thiophene rings is 1. The summed E-state index contributed by atoms with van der Waals surface area (Å²) in [5.74, 6) is -1.22. The van der Waals surface area contributed by atoms with E-state index < -0.39 is 27.8 Å². The molecule has 1 atom stereocenters. The molecule has 3 aromatic rings. The summed E-state index contributed by atoms with van der Waals surface area (Å²) in [4.78, 5) is 33.2. The summed E-state index contributed by atoms with van der Waals surface area (Å²) < 4.78 is 45.7. The first-order valence-corrected chi connectivity index (χ1v) is 14.3. The lowest BCUT2D eigenvalue weighted by Gasteiger charge is -2.26. The van der Waals surface area contributed by atoms with E-state index in [0.717, 1.165) is 15.8 Å². The Labute approximate surface area is 229 Å². The van der Waals surface area contributed by atoms with E-state index >= 15 is 4.39 Å². The van der Waals surface area contributed by atoms with Crippen molar-refractivity contribution >= 4 is 56.0 Å². The molecule has 1 aliphatic rings. The van der Waals surface area contributed by atoms with E-state index in [1.807, 2.05) is 0 Å². The number of anilines is 1. The number of benzene rings is 1. The molecule has 1 saturated heterocycles. The minimum Gasteiger partial charge on any atom is -0.345 e. The van der Waals surface area contributed by atoms with Crippen LogP contribution < -0.4 is 4.90 Å². The summed E-state index contributed by atoms with van der Waals surface area (Å²) in [6.45, 7) is 1.62. The Morgan fingerprint density at radius 1 is 1.29 bits per heavy atom. The van der Waals surface area contributed by atoms with Gasteiger partial charge in [0.15, 0.2) is 0 Å². The smallest absolute Gasteiger partial charge is 0.253 e. The van der Waals surface area contributed by atoms with Crippen LogP contribution in [0.4, 0.5) is 10.1 Å². The quantitative estimate of drug-likeness (QED) is 0.402. The minimum absolute atomic E-state index is 0.0119. The van der Waals surface area contributed by atoms with Gasteiger partial charge in [-0.05, 0) is 49.2 Å². The molecule has 9 nitrogen and oxygen atoms in total. The Hall–Kier alpha value is -3.06. The lowest BCUT2D eigenvalue weighted by molar-refractivity contribution is -0.120. The third-order valence-electron chi connectivity index (χ3n) is 6.25. The van der Waals surface area contributed by atoms with Crippen molar-refractivity contribution < 1.29 is 22.4 Å². The maximum Gasteiger partial charge on any atom is 0.253 e. The third-order valence-corrected chi connectivity index (χ3v) is 9.30. The van der Waals surface area contributed by atoms with Crippen LogP contribution in [-0.4, -0.2) is 65.7 Å². The zero-order valence-corrected chi connectivity index (χ0v) is 23.6. The predicted molar refractivity (Wildman–Crippen MR) is 146 cm³/mol. The van der Waals surface area contributed by atoms with Gasteiger partial charge in [0.05, 0.1) is 22.0 Å². The molecule has 0 bridgehead atoms. The highest BCUT2D eigenvalue weighted by atomic mass is 35.5. The topological polar surface area (TPSA) is 95.8 Å². The van der Waals surface area contributed by atoms with Gasteiger partial charge in [-0.2, -0.15) is 4.31 Å². The number of rotatable bonds is 8. The number of amides is 2. The van der Waals surface area contributed by atoms with Crippen LogP contribution >= 0.6 is 22.9 Å². The van der Waals surface area contributed by atoms with Gasteiger partial charge in [-0.25, -0.2) is 17.8 Å². The number of allylic oxidation sites excluding steroid dienone is 1. The van der Waals surface area contributed by atoms with E-state index in [-0.39, 0.29) is 36.7 Å². The van der Waals surface area contributed by atoms with Crippen LogP contribution in [-0.2, 0) is 28.4 Å². The fourth-order valence-electron chi connectivity index (χ4n) is 4.23. The number of hydrogen-bond donors (Lipinski definition) is 0. The Bertz CT molecular complexity index is 1520. The van der Waals surface area contributed by atoms with E-state index in [9.17, 15) is 18.0 Å². The monoisotopic (exact) mass is 579 g/mol. The van der Waals surface area contributed by atoms with Gasteiger partial charge in [-0.3, -0.25) is 9.59 Å². The van der Waals surface area contributed by atoms with Gasteiger partial charge in [0.1, 0.15) is 17.7 Å². The first-order valence-electron chi connectivity index (χ1n) is 11.6.